The van der Waals surface area contributed by atoms with Gasteiger partial charge in [0.2, 0.25) is 0 Å². The normalized spacial score (nSPS) is 36.5. The molecule has 2 fully saturated rings. The summed E-state index contributed by atoms with van der Waals surface area (Å²) < 4.78 is 5.78. The fraction of sp³-hybridized carbons (Fsp3) is 1.00. The molecule has 0 saturated heterocycles. The molecule has 1 N–H and O–H groups in total. The molecule has 2 atom stereocenters. The fourth-order valence-corrected chi connectivity index (χ4v) is 2.91. The zero-order valence-electron chi connectivity index (χ0n) is 8.46. The molecule has 76 valence electrons. The van der Waals surface area contributed by atoms with E-state index in [9.17, 15) is 5.11 Å². The lowest BCUT2D eigenvalue weighted by molar-refractivity contribution is -0.189. The standard InChI is InChI=1S/C11H20O2/c1-2-7-13-10-8-9(12)11(10)5-3-4-6-11/h9-10,12H,2-8H2,1H3. The molecule has 2 saturated carbocycles. The summed E-state index contributed by atoms with van der Waals surface area (Å²) in [6, 6.07) is 0. The van der Waals surface area contributed by atoms with Crippen molar-refractivity contribution in [1.29, 1.82) is 0 Å². The second-order valence-electron chi connectivity index (χ2n) is 4.55. The molecule has 0 bridgehead atoms. The molecule has 2 unspecified atom stereocenters. The zero-order chi connectivity index (χ0) is 9.31. The van der Waals surface area contributed by atoms with Crippen LogP contribution in [0.15, 0.2) is 0 Å². The summed E-state index contributed by atoms with van der Waals surface area (Å²) in [7, 11) is 0. The Balaban J connectivity index is 1.91. The van der Waals surface area contributed by atoms with Gasteiger partial charge in [0.1, 0.15) is 0 Å². The van der Waals surface area contributed by atoms with Gasteiger partial charge < -0.3 is 9.84 Å². The van der Waals surface area contributed by atoms with Crippen LogP contribution in [0.3, 0.4) is 0 Å². The highest BCUT2D eigenvalue weighted by molar-refractivity contribution is 5.06. The lowest BCUT2D eigenvalue weighted by Gasteiger charge is -2.51. The van der Waals surface area contributed by atoms with E-state index < -0.39 is 0 Å². The van der Waals surface area contributed by atoms with Crippen LogP contribution in [0.1, 0.15) is 45.4 Å². The van der Waals surface area contributed by atoms with E-state index in [-0.39, 0.29) is 11.5 Å². The fourth-order valence-electron chi connectivity index (χ4n) is 2.91. The van der Waals surface area contributed by atoms with E-state index >= 15 is 0 Å². The third-order valence-corrected chi connectivity index (χ3v) is 3.80. The minimum atomic E-state index is -0.0724. The van der Waals surface area contributed by atoms with Crippen molar-refractivity contribution < 1.29 is 9.84 Å². The molecule has 0 aromatic heterocycles. The van der Waals surface area contributed by atoms with Gasteiger partial charge in [-0.1, -0.05) is 19.8 Å². The Labute approximate surface area is 80.3 Å². The summed E-state index contributed by atoms with van der Waals surface area (Å²) in [4.78, 5) is 0. The van der Waals surface area contributed by atoms with Crippen molar-refractivity contribution in [2.45, 2.75) is 57.7 Å². The molecule has 0 heterocycles. The van der Waals surface area contributed by atoms with Crippen molar-refractivity contribution in [3.8, 4) is 0 Å². The first-order valence-electron chi connectivity index (χ1n) is 5.59. The van der Waals surface area contributed by atoms with E-state index in [0.29, 0.717) is 6.10 Å². The lowest BCUT2D eigenvalue weighted by atomic mass is 9.62. The molecule has 0 amide bonds. The first kappa shape index (κ1) is 9.47. The number of hydrogen-bond acceptors (Lipinski definition) is 2. The summed E-state index contributed by atoms with van der Waals surface area (Å²) in [6.07, 6.45) is 7.18. The van der Waals surface area contributed by atoms with Crippen LogP contribution in [0.25, 0.3) is 0 Å². The van der Waals surface area contributed by atoms with Crippen molar-refractivity contribution >= 4 is 0 Å². The number of rotatable bonds is 3. The van der Waals surface area contributed by atoms with Gasteiger partial charge in [-0.15, -0.1) is 0 Å². The van der Waals surface area contributed by atoms with E-state index in [2.05, 4.69) is 6.92 Å². The minimum Gasteiger partial charge on any atom is -0.392 e. The third-order valence-electron chi connectivity index (χ3n) is 3.80. The largest absolute Gasteiger partial charge is 0.392 e. The quantitative estimate of drug-likeness (QED) is 0.728. The van der Waals surface area contributed by atoms with Crippen molar-refractivity contribution in [1.82, 2.24) is 0 Å². The first-order chi connectivity index (χ1) is 6.29. The minimum absolute atomic E-state index is 0.0724. The van der Waals surface area contributed by atoms with Crippen LogP contribution in [-0.4, -0.2) is 23.9 Å². The number of aliphatic hydroxyl groups is 1. The van der Waals surface area contributed by atoms with E-state index in [0.717, 1.165) is 19.4 Å². The molecule has 0 radical (unpaired) electrons. The van der Waals surface area contributed by atoms with Crippen LogP contribution in [0, 0.1) is 5.41 Å². The van der Waals surface area contributed by atoms with Gasteiger partial charge in [0.15, 0.2) is 0 Å². The average Bonchev–Trinajstić information content (AvgIpc) is 2.63. The molecule has 2 heteroatoms. The first-order valence-corrected chi connectivity index (χ1v) is 5.59. The Kier molecular flexibility index (Phi) is 2.61. The van der Waals surface area contributed by atoms with Crippen molar-refractivity contribution in [2.75, 3.05) is 6.61 Å². The molecule has 0 aromatic rings. The SMILES string of the molecule is CCCOC1CC(O)C12CCCC2. The maximum atomic E-state index is 9.79. The van der Waals surface area contributed by atoms with Gasteiger partial charge in [-0.3, -0.25) is 0 Å². The lowest BCUT2D eigenvalue weighted by Crippen LogP contribution is -2.56. The van der Waals surface area contributed by atoms with Gasteiger partial charge in [0.05, 0.1) is 12.2 Å². The van der Waals surface area contributed by atoms with Gasteiger partial charge >= 0.3 is 0 Å². The zero-order valence-corrected chi connectivity index (χ0v) is 8.46. The molecule has 2 aliphatic rings. The highest BCUT2D eigenvalue weighted by atomic mass is 16.5. The number of hydrogen-bond donors (Lipinski definition) is 1. The molecule has 0 aromatic carbocycles. The average molecular weight is 184 g/mol. The summed E-state index contributed by atoms with van der Waals surface area (Å²) in [5.41, 5.74) is 0.176. The summed E-state index contributed by atoms with van der Waals surface area (Å²) in [6.45, 7) is 3.00. The van der Waals surface area contributed by atoms with E-state index in [1.807, 2.05) is 0 Å². The smallest absolute Gasteiger partial charge is 0.0680 e. The maximum absolute atomic E-state index is 9.79. The highest BCUT2D eigenvalue weighted by Crippen LogP contribution is 2.54. The Morgan fingerprint density at radius 1 is 1.38 bits per heavy atom. The topological polar surface area (TPSA) is 29.5 Å². The second kappa shape index (κ2) is 3.58. The Bertz CT molecular complexity index is 173. The van der Waals surface area contributed by atoms with E-state index in [1.165, 1.54) is 25.7 Å². The van der Waals surface area contributed by atoms with Gasteiger partial charge in [0.25, 0.3) is 0 Å². The van der Waals surface area contributed by atoms with E-state index in [1.54, 1.807) is 0 Å². The number of aliphatic hydroxyl groups excluding tert-OH is 1. The van der Waals surface area contributed by atoms with Crippen LogP contribution >= 0.6 is 0 Å². The van der Waals surface area contributed by atoms with Crippen LogP contribution in [0.4, 0.5) is 0 Å². The predicted octanol–water partition coefficient (Wildman–Crippen LogP) is 2.11. The van der Waals surface area contributed by atoms with Crippen LogP contribution in [0.5, 0.6) is 0 Å². The van der Waals surface area contributed by atoms with Crippen molar-refractivity contribution in [3.63, 3.8) is 0 Å². The maximum Gasteiger partial charge on any atom is 0.0680 e. The van der Waals surface area contributed by atoms with Gasteiger partial charge in [-0.2, -0.15) is 0 Å². The summed E-state index contributed by atoms with van der Waals surface area (Å²) in [5, 5.41) is 9.79. The molecular weight excluding hydrogens is 164 g/mol. The Morgan fingerprint density at radius 2 is 2.08 bits per heavy atom. The third kappa shape index (κ3) is 1.40. The van der Waals surface area contributed by atoms with Crippen LogP contribution < -0.4 is 0 Å². The molecule has 2 aliphatic carbocycles. The molecule has 0 aliphatic heterocycles. The van der Waals surface area contributed by atoms with E-state index in [4.69, 9.17) is 4.74 Å². The monoisotopic (exact) mass is 184 g/mol. The van der Waals surface area contributed by atoms with Crippen LogP contribution in [0.2, 0.25) is 0 Å². The Hall–Kier alpha value is -0.0800. The highest BCUT2D eigenvalue weighted by Gasteiger charge is 2.56. The van der Waals surface area contributed by atoms with Gasteiger partial charge in [-0.25, -0.2) is 0 Å². The molecule has 1 spiro atoms. The van der Waals surface area contributed by atoms with Crippen LogP contribution in [-0.2, 0) is 4.74 Å². The van der Waals surface area contributed by atoms with Gasteiger partial charge in [-0.05, 0) is 19.3 Å². The van der Waals surface area contributed by atoms with Gasteiger partial charge in [0, 0.05) is 18.4 Å². The molecular formula is C11H20O2. The number of ether oxygens (including phenoxy) is 1. The summed E-state index contributed by atoms with van der Waals surface area (Å²) in [5.74, 6) is 0. The van der Waals surface area contributed by atoms with Crippen molar-refractivity contribution in [3.05, 3.63) is 0 Å². The molecule has 2 nitrogen and oxygen atoms in total. The second-order valence-corrected chi connectivity index (χ2v) is 4.55. The Morgan fingerprint density at radius 3 is 2.62 bits per heavy atom. The molecule has 13 heavy (non-hydrogen) atoms. The predicted molar refractivity (Wildman–Crippen MR) is 51.6 cm³/mol. The molecule has 2 rings (SSSR count). The summed E-state index contributed by atoms with van der Waals surface area (Å²) >= 11 is 0. The van der Waals surface area contributed by atoms with Crippen molar-refractivity contribution in [2.24, 2.45) is 5.41 Å².